The summed E-state index contributed by atoms with van der Waals surface area (Å²) < 4.78 is 11.3. The molecule has 0 aliphatic rings. The molecule has 0 bridgehead atoms. The standard InChI is InChI=1S/C40H63NO4/c1-3-5-7-9-11-12-13-14-15-16-17-18-19-20-21-23-31-41-34-36-27-30-38(33-39(36)42)45-40(43)35-25-28-37(29-26-35)44-32-24-22-10-8-6-4-2/h25-30,33-34,42H,3-24,31-32H2,1-2H3. The maximum absolute atomic E-state index is 12.6. The summed E-state index contributed by atoms with van der Waals surface area (Å²) in [5.74, 6) is 0.632. The molecule has 0 heterocycles. The van der Waals surface area contributed by atoms with E-state index in [1.165, 1.54) is 134 Å². The number of phenolic OH excluding ortho intramolecular Hbond substituents is 1. The topological polar surface area (TPSA) is 68.1 Å². The minimum absolute atomic E-state index is 0.0504. The van der Waals surface area contributed by atoms with Gasteiger partial charge >= 0.3 is 5.97 Å². The van der Waals surface area contributed by atoms with E-state index in [1.807, 2.05) is 0 Å². The van der Waals surface area contributed by atoms with E-state index in [2.05, 4.69) is 18.8 Å². The number of aliphatic imine (C=N–C) groups is 1. The summed E-state index contributed by atoms with van der Waals surface area (Å²) in [5, 5.41) is 10.4. The fourth-order valence-electron chi connectivity index (χ4n) is 5.54. The average Bonchev–Trinajstić information content (AvgIpc) is 3.05. The van der Waals surface area contributed by atoms with Crippen molar-refractivity contribution in [1.29, 1.82) is 0 Å². The second-order valence-electron chi connectivity index (χ2n) is 12.6. The Morgan fingerprint density at radius 1 is 0.622 bits per heavy atom. The lowest BCUT2D eigenvalue weighted by Crippen LogP contribution is -2.08. The third kappa shape index (κ3) is 19.3. The highest BCUT2D eigenvalue weighted by molar-refractivity contribution is 5.91. The van der Waals surface area contributed by atoms with Crippen LogP contribution >= 0.6 is 0 Å². The third-order valence-electron chi connectivity index (χ3n) is 8.44. The molecule has 0 aliphatic carbocycles. The predicted molar refractivity (Wildman–Crippen MR) is 190 cm³/mol. The quantitative estimate of drug-likeness (QED) is 0.0444. The Morgan fingerprint density at radius 3 is 1.60 bits per heavy atom. The molecule has 0 aromatic heterocycles. The number of benzene rings is 2. The van der Waals surface area contributed by atoms with Crippen LogP contribution in [0.25, 0.3) is 0 Å². The van der Waals surface area contributed by atoms with Crippen LogP contribution < -0.4 is 9.47 Å². The van der Waals surface area contributed by atoms with Gasteiger partial charge in [-0.15, -0.1) is 0 Å². The van der Waals surface area contributed by atoms with E-state index in [0.29, 0.717) is 23.5 Å². The van der Waals surface area contributed by atoms with Gasteiger partial charge in [0.05, 0.1) is 12.2 Å². The maximum Gasteiger partial charge on any atom is 0.343 e. The lowest BCUT2D eigenvalue weighted by molar-refractivity contribution is 0.0734. The Bertz CT molecular complexity index is 1030. The Labute approximate surface area is 275 Å². The smallest absolute Gasteiger partial charge is 0.343 e. The van der Waals surface area contributed by atoms with E-state index in [0.717, 1.165) is 25.1 Å². The number of nitrogens with zero attached hydrogens (tertiary/aromatic N) is 1. The second kappa shape index (κ2) is 26.4. The molecule has 0 spiro atoms. The number of esters is 1. The first-order valence-electron chi connectivity index (χ1n) is 18.4. The molecule has 45 heavy (non-hydrogen) atoms. The van der Waals surface area contributed by atoms with Crippen molar-refractivity contribution in [2.75, 3.05) is 13.2 Å². The Morgan fingerprint density at radius 2 is 1.09 bits per heavy atom. The molecule has 1 N–H and O–H groups in total. The average molecular weight is 622 g/mol. The minimum atomic E-state index is -0.471. The largest absolute Gasteiger partial charge is 0.507 e. The van der Waals surface area contributed by atoms with E-state index in [1.54, 1.807) is 42.6 Å². The summed E-state index contributed by atoms with van der Waals surface area (Å²) in [6.45, 7) is 5.95. The molecule has 5 nitrogen and oxygen atoms in total. The summed E-state index contributed by atoms with van der Waals surface area (Å²) in [5.41, 5.74) is 1.06. The van der Waals surface area contributed by atoms with Crippen LogP contribution in [0.2, 0.25) is 0 Å². The summed E-state index contributed by atoms with van der Waals surface area (Å²) in [6.07, 6.45) is 30.7. The van der Waals surface area contributed by atoms with Crippen molar-refractivity contribution in [3.8, 4) is 17.2 Å². The van der Waals surface area contributed by atoms with Crippen molar-refractivity contribution in [2.24, 2.45) is 4.99 Å². The Hall–Kier alpha value is -2.82. The predicted octanol–water partition coefficient (Wildman–Crippen LogP) is 12.0. The monoisotopic (exact) mass is 621 g/mol. The van der Waals surface area contributed by atoms with E-state index in [-0.39, 0.29) is 5.75 Å². The molecule has 0 amide bonds. The van der Waals surface area contributed by atoms with Crippen LogP contribution in [0.1, 0.15) is 171 Å². The van der Waals surface area contributed by atoms with E-state index < -0.39 is 5.97 Å². The van der Waals surface area contributed by atoms with Gasteiger partial charge in [-0.25, -0.2) is 4.79 Å². The highest BCUT2D eigenvalue weighted by atomic mass is 16.5. The zero-order chi connectivity index (χ0) is 32.2. The van der Waals surface area contributed by atoms with Gasteiger partial charge in [-0.3, -0.25) is 4.99 Å². The highest BCUT2D eigenvalue weighted by Crippen LogP contribution is 2.24. The maximum atomic E-state index is 12.6. The number of aromatic hydroxyl groups is 1. The van der Waals surface area contributed by atoms with Gasteiger partial charge in [-0.2, -0.15) is 0 Å². The first-order valence-corrected chi connectivity index (χ1v) is 18.4. The summed E-state index contributed by atoms with van der Waals surface area (Å²) in [6, 6.07) is 11.9. The molecule has 2 aromatic rings. The summed E-state index contributed by atoms with van der Waals surface area (Å²) >= 11 is 0. The van der Waals surface area contributed by atoms with Gasteiger partial charge < -0.3 is 14.6 Å². The van der Waals surface area contributed by atoms with Crippen LogP contribution in [0.15, 0.2) is 47.5 Å². The summed E-state index contributed by atoms with van der Waals surface area (Å²) in [4.78, 5) is 17.1. The number of hydrogen-bond donors (Lipinski definition) is 1. The van der Waals surface area contributed by atoms with Crippen molar-refractivity contribution in [3.63, 3.8) is 0 Å². The van der Waals surface area contributed by atoms with E-state index in [4.69, 9.17) is 9.47 Å². The minimum Gasteiger partial charge on any atom is -0.507 e. The van der Waals surface area contributed by atoms with Crippen LogP contribution in [-0.2, 0) is 0 Å². The Kier molecular flexibility index (Phi) is 22.5. The van der Waals surface area contributed by atoms with Crippen molar-refractivity contribution >= 4 is 12.2 Å². The molecular weight excluding hydrogens is 558 g/mol. The summed E-state index contributed by atoms with van der Waals surface area (Å²) in [7, 11) is 0. The van der Waals surface area contributed by atoms with Gasteiger partial charge in [0.1, 0.15) is 17.2 Å². The van der Waals surface area contributed by atoms with E-state index >= 15 is 0 Å². The second-order valence-corrected chi connectivity index (χ2v) is 12.6. The SMILES string of the molecule is CCCCCCCCCCCCCCCCCCN=Cc1ccc(OC(=O)c2ccc(OCCCCCCCC)cc2)cc1O. The van der Waals surface area contributed by atoms with Crippen LogP contribution in [0, 0.1) is 0 Å². The first kappa shape index (κ1) is 38.4. The number of rotatable bonds is 28. The molecule has 2 rings (SSSR count). The molecule has 0 saturated carbocycles. The van der Waals surface area contributed by atoms with Crippen molar-refractivity contribution in [2.45, 2.75) is 155 Å². The molecule has 0 saturated heterocycles. The molecule has 0 fully saturated rings. The van der Waals surface area contributed by atoms with Crippen LogP contribution in [0.4, 0.5) is 0 Å². The van der Waals surface area contributed by atoms with Gasteiger partial charge in [0.2, 0.25) is 0 Å². The molecular formula is C40H63NO4. The molecule has 0 aliphatic heterocycles. The van der Waals surface area contributed by atoms with Crippen molar-refractivity contribution < 1.29 is 19.4 Å². The molecule has 0 atom stereocenters. The third-order valence-corrected chi connectivity index (χ3v) is 8.44. The normalized spacial score (nSPS) is 11.3. The zero-order valence-corrected chi connectivity index (χ0v) is 28.7. The molecule has 0 radical (unpaired) electrons. The number of hydrogen-bond acceptors (Lipinski definition) is 5. The number of phenols is 1. The van der Waals surface area contributed by atoms with Crippen LogP contribution in [0.5, 0.6) is 17.2 Å². The molecule has 2 aromatic carbocycles. The molecule has 252 valence electrons. The van der Waals surface area contributed by atoms with Crippen molar-refractivity contribution in [3.05, 3.63) is 53.6 Å². The van der Waals surface area contributed by atoms with Crippen LogP contribution in [-0.4, -0.2) is 30.4 Å². The number of ether oxygens (including phenoxy) is 2. The van der Waals surface area contributed by atoms with Gasteiger partial charge in [0, 0.05) is 24.4 Å². The fourth-order valence-corrected chi connectivity index (χ4v) is 5.54. The zero-order valence-electron chi connectivity index (χ0n) is 28.7. The van der Waals surface area contributed by atoms with Gasteiger partial charge in [0.25, 0.3) is 0 Å². The number of carbonyl (C=O) groups is 1. The van der Waals surface area contributed by atoms with E-state index in [9.17, 15) is 9.90 Å². The Balaban J connectivity index is 1.52. The van der Waals surface area contributed by atoms with Gasteiger partial charge in [-0.1, -0.05) is 142 Å². The van der Waals surface area contributed by atoms with Gasteiger partial charge in [-0.05, 0) is 49.2 Å². The fraction of sp³-hybridized carbons (Fsp3) is 0.650. The van der Waals surface area contributed by atoms with Gasteiger partial charge in [0.15, 0.2) is 0 Å². The number of unbranched alkanes of at least 4 members (excludes halogenated alkanes) is 20. The van der Waals surface area contributed by atoms with Crippen molar-refractivity contribution in [1.82, 2.24) is 0 Å². The number of carbonyl (C=O) groups excluding carboxylic acids is 1. The molecule has 5 heteroatoms. The first-order chi connectivity index (χ1) is 22.1. The lowest BCUT2D eigenvalue weighted by Gasteiger charge is -2.08. The van der Waals surface area contributed by atoms with Crippen LogP contribution in [0.3, 0.4) is 0 Å². The highest BCUT2D eigenvalue weighted by Gasteiger charge is 2.10. The molecule has 0 unspecified atom stereocenters. The lowest BCUT2D eigenvalue weighted by atomic mass is 10.0.